The third-order valence-electron chi connectivity index (χ3n) is 7.49. The van der Waals surface area contributed by atoms with E-state index in [9.17, 15) is 19.5 Å². The van der Waals surface area contributed by atoms with E-state index in [-0.39, 0.29) is 42.7 Å². The van der Waals surface area contributed by atoms with Crippen LogP contribution in [0.4, 0.5) is 0 Å². The highest BCUT2D eigenvalue weighted by atomic mass is 16.6. The number of hydrogen-bond donors (Lipinski definition) is 1. The van der Waals surface area contributed by atoms with Gasteiger partial charge in [-0.15, -0.1) is 0 Å². The van der Waals surface area contributed by atoms with Crippen LogP contribution in [0.1, 0.15) is 123 Å². The van der Waals surface area contributed by atoms with Gasteiger partial charge in [-0.25, -0.2) is 4.79 Å². The molecular weight excluding hydrogens is 582 g/mol. The van der Waals surface area contributed by atoms with Gasteiger partial charge in [-0.1, -0.05) is 101 Å². The van der Waals surface area contributed by atoms with Gasteiger partial charge in [0.25, 0.3) is 0 Å². The van der Waals surface area contributed by atoms with E-state index in [1.165, 1.54) is 25.7 Å². The molecule has 264 valence electrons. The first-order valence-electron chi connectivity index (χ1n) is 17.7. The van der Waals surface area contributed by atoms with Crippen LogP contribution in [0.3, 0.4) is 0 Å². The van der Waals surface area contributed by atoms with E-state index in [0.29, 0.717) is 19.3 Å². The molecular formula is C38H66NO7+. The molecule has 8 heteroatoms. The minimum atomic E-state index is -0.886. The number of ether oxygens (including phenoxy) is 3. The first-order chi connectivity index (χ1) is 22.1. The van der Waals surface area contributed by atoms with Gasteiger partial charge in [0.2, 0.25) is 0 Å². The number of quaternary nitrogens is 1. The van der Waals surface area contributed by atoms with Crippen LogP contribution in [0, 0.1) is 0 Å². The van der Waals surface area contributed by atoms with Gasteiger partial charge in [0, 0.05) is 19.3 Å². The van der Waals surface area contributed by atoms with Gasteiger partial charge in [0.1, 0.15) is 6.61 Å². The van der Waals surface area contributed by atoms with Crippen LogP contribution >= 0.6 is 0 Å². The maximum Gasteiger partial charge on any atom is 0.362 e. The molecule has 0 aliphatic carbocycles. The van der Waals surface area contributed by atoms with Crippen LogP contribution in [0.5, 0.6) is 0 Å². The van der Waals surface area contributed by atoms with Crippen molar-refractivity contribution in [2.24, 2.45) is 0 Å². The van der Waals surface area contributed by atoms with Crippen LogP contribution in [-0.4, -0.2) is 80.6 Å². The number of carboxylic acids is 1. The van der Waals surface area contributed by atoms with E-state index in [2.05, 4.69) is 62.5 Å². The van der Waals surface area contributed by atoms with Crippen molar-refractivity contribution < 1.29 is 38.2 Å². The molecule has 0 amide bonds. The van der Waals surface area contributed by atoms with Crippen LogP contribution in [0.25, 0.3) is 0 Å². The molecule has 0 aromatic rings. The Hall–Kier alpha value is -2.71. The summed E-state index contributed by atoms with van der Waals surface area (Å²) in [6.07, 6.45) is 31.7. The Balaban J connectivity index is 4.52. The van der Waals surface area contributed by atoms with Crippen molar-refractivity contribution >= 4 is 17.9 Å². The highest BCUT2D eigenvalue weighted by molar-refractivity contribution is 5.72. The third-order valence-corrected chi connectivity index (χ3v) is 7.49. The van der Waals surface area contributed by atoms with E-state index >= 15 is 0 Å². The second kappa shape index (κ2) is 29.7. The highest BCUT2D eigenvalue weighted by Gasteiger charge is 2.31. The molecule has 0 aromatic carbocycles. The van der Waals surface area contributed by atoms with Gasteiger partial charge in [0.05, 0.1) is 34.4 Å². The van der Waals surface area contributed by atoms with Crippen molar-refractivity contribution in [3.63, 3.8) is 0 Å². The second-order valence-electron chi connectivity index (χ2n) is 12.7. The molecule has 0 aliphatic heterocycles. The van der Waals surface area contributed by atoms with Crippen molar-refractivity contribution in [2.75, 3.05) is 41.0 Å². The molecule has 0 radical (unpaired) electrons. The van der Waals surface area contributed by atoms with Crippen LogP contribution < -0.4 is 0 Å². The first kappa shape index (κ1) is 43.3. The summed E-state index contributed by atoms with van der Waals surface area (Å²) in [6.45, 7) is 4.50. The number of likely N-dealkylation sites (N-methyl/N-ethyl adjacent to an activating group) is 1. The minimum absolute atomic E-state index is 0.0435. The monoisotopic (exact) mass is 648 g/mol. The smallest absolute Gasteiger partial charge is 0.362 e. The Morgan fingerprint density at radius 2 is 1.22 bits per heavy atom. The third kappa shape index (κ3) is 27.6. The number of carbonyl (C=O) groups is 3. The summed E-state index contributed by atoms with van der Waals surface area (Å²) in [5.74, 6) is -1.54. The summed E-state index contributed by atoms with van der Waals surface area (Å²) in [4.78, 5) is 36.5. The molecule has 8 nitrogen and oxygen atoms in total. The molecule has 2 atom stereocenters. The van der Waals surface area contributed by atoms with E-state index in [0.717, 1.165) is 57.8 Å². The zero-order valence-corrected chi connectivity index (χ0v) is 29.8. The predicted molar refractivity (Wildman–Crippen MR) is 188 cm³/mol. The van der Waals surface area contributed by atoms with Crippen molar-refractivity contribution in [1.29, 1.82) is 0 Å². The zero-order chi connectivity index (χ0) is 34.3. The van der Waals surface area contributed by atoms with Gasteiger partial charge < -0.3 is 23.8 Å². The molecule has 0 rings (SSSR count). The van der Waals surface area contributed by atoms with Crippen LogP contribution in [0.15, 0.2) is 48.6 Å². The Labute approximate surface area is 280 Å². The summed E-state index contributed by atoms with van der Waals surface area (Å²) in [7, 11) is 5.49. The quantitative estimate of drug-likeness (QED) is 0.0361. The lowest BCUT2D eigenvalue weighted by molar-refractivity contribution is -0.887. The van der Waals surface area contributed by atoms with Crippen LogP contribution in [-0.2, 0) is 28.6 Å². The number of allylic oxidation sites excluding steroid dienone is 8. The SMILES string of the molecule is CC/C=C\C/C=C\C/C=C\C/C=C\CCCCC(=O)OC(COCCC(C(=O)O)[N+](C)(C)C)COC(=O)CCCCCCCCC. The Morgan fingerprint density at radius 1 is 0.674 bits per heavy atom. The van der Waals surface area contributed by atoms with Gasteiger partial charge in [-0.2, -0.15) is 0 Å². The maximum atomic E-state index is 12.6. The number of carbonyl (C=O) groups excluding carboxylic acids is 2. The second-order valence-corrected chi connectivity index (χ2v) is 12.7. The average Bonchev–Trinajstić information content (AvgIpc) is 3.00. The molecule has 0 aromatic heterocycles. The lowest BCUT2D eigenvalue weighted by atomic mass is 10.1. The number of rotatable bonds is 30. The van der Waals surface area contributed by atoms with E-state index in [1.54, 1.807) is 0 Å². The van der Waals surface area contributed by atoms with Gasteiger partial charge in [0.15, 0.2) is 12.1 Å². The minimum Gasteiger partial charge on any atom is -0.477 e. The lowest BCUT2D eigenvalue weighted by Crippen LogP contribution is -2.50. The van der Waals surface area contributed by atoms with Crippen molar-refractivity contribution in [2.45, 2.75) is 135 Å². The molecule has 0 heterocycles. The number of aliphatic carboxylic acids is 1. The predicted octanol–water partition coefficient (Wildman–Crippen LogP) is 8.51. The lowest BCUT2D eigenvalue weighted by Gasteiger charge is -2.31. The van der Waals surface area contributed by atoms with Crippen LogP contribution in [0.2, 0.25) is 0 Å². The van der Waals surface area contributed by atoms with Gasteiger partial charge >= 0.3 is 17.9 Å². The topological polar surface area (TPSA) is 99.1 Å². The fraction of sp³-hybridized carbons (Fsp3) is 0.711. The number of hydrogen-bond acceptors (Lipinski definition) is 6. The van der Waals surface area contributed by atoms with E-state index < -0.39 is 18.1 Å². The standard InChI is InChI=1S/C38H65NO7/c1-6-8-10-12-14-15-16-17-18-19-20-21-23-25-27-29-37(41)46-34(32-44-31-30-35(38(42)43)39(3,4)5)33-45-36(40)28-26-24-22-13-11-9-7-2/h8,10,14-15,17-18,20-21,34-35H,6-7,9,11-13,16,19,22-33H2,1-5H3/p+1/b10-8-,15-14-,18-17-,21-20-. The zero-order valence-electron chi connectivity index (χ0n) is 29.8. The molecule has 0 spiro atoms. The number of carboxylic acid groups (broad SMARTS) is 1. The molecule has 0 saturated carbocycles. The molecule has 1 N–H and O–H groups in total. The largest absolute Gasteiger partial charge is 0.477 e. The number of unbranched alkanes of at least 4 members (excludes halogenated alkanes) is 8. The van der Waals surface area contributed by atoms with Crippen molar-refractivity contribution in [1.82, 2.24) is 0 Å². The average molecular weight is 649 g/mol. The summed E-state index contributed by atoms with van der Waals surface area (Å²) in [6, 6.07) is -0.619. The molecule has 0 aliphatic rings. The molecule has 46 heavy (non-hydrogen) atoms. The van der Waals surface area contributed by atoms with Crippen molar-refractivity contribution in [3.8, 4) is 0 Å². The number of esters is 2. The highest BCUT2D eigenvalue weighted by Crippen LogP contribution is 2.12. The molecule has 2 unspecified atom stereocenters. The fourth-order valence-corrected chi connectivity index (χ4v) is 4.73. The van der Waals surface area contributed by atoms with Crippen molar-refractivity contribution in [3.05, 3.63) is 48.6 Å². The van der Waals surface area contributed by atoms with E-state index in [1.807, 2.05) is 21.1 Å². The van der Waals surface area contributed by atoms with Gasteiger partial charge in [-0.3, -0.25) is 9.59 Å². The summed E-state index contributed by atoms with van der Waals surface area (Å²) < 4.78 is 17.1. The summed E-state index contributed by atoms with van der Waals surface area (Å²) in [5, 5.41) is 9.55. The normalized spacial score (nSPS) is 13.7. The Bertz CT molecular complexity index is 901. The molecule has 0 bridgehead atoms. The van der Waals surface area contributed by atoms with Gasteiger partial charge in [-0.05, 0) is 51.4 Å². The molecule has 0 saturated heterocycles. The Morgan fingerprint density at radius 3 is 1.80 bits per heavy atom. The Kier molecular flexibility index (Phi) is 27.9. The fourth-order valence-electron chi connectivity index (χ4n) is 4.73. The molecule has 0 fully saturated rings. The summed E-state index contributed by atoms with van der Waals surface area (Å²) >= 11 is 0. The number of nitrogens with zero attached hydrogens (tertiary/aromatic N) is 1. The maximum absolute atomic E-state index is 12.6. The summed E-state index contributed by atoms with van der Waals surface area (Å²) in [5.41, 5.74) is 0. The first-order valence-corrected chi connectivity index (χ1v) is 17.7. The van der Waals surface area contributed by atoms with E-state index in [4.69, 9.17) is 14.2 Å².